The lowest BCUT2D eigenvalue weighted by Gasteiger charge is -2.26. The Morgan fingerprint density at radius 1 is 1.31 bits per heavy atom. The molecule has 0 saturated heterocycles. The maximum atomic E-state index is 12.8. The minimum atomic E-state index is -4.44. The summed E-state index contributed by atoms with van der Waals surface area (Å²) in [6.07, 6.45) is -2.01. The van der Waals surface area contributed by atoms with Crippen LogP contribution in [-0.4, -0.2) is 18.5 Å². The van der Waals surface area contributed by atoms with Gasteiger partial charge in [0, 0.05) is 17.3 Å². The molecule has 1 heterocycles. The van der Waals surface area contributed by atoms with E-state index in [4.69, 9.17) is 0 Å². The molecule has 3 nitrogen and oxygen atoms in total. The fourth-order valence-electron chi connectivity index (χ4n) is 2.79. The minimum Gasteiger partial charge on any atom is -0.322 e. The smallest absolute Gasteiger partial charge is 0.322 e. The van der Waals surface area contributed by atoms with Crippen LogP contribution < -0.4 is 10.6 Å². The van der Waals surface area contributed by atoms with Crippen molar-refractivity contribution in [3.8, 4) is 0 Å². The number of hydrogen-bond acceptors (Lipinski definition) is 2. The van der Waals surface area contributed by atoms with E-state index in [0.29, 0.717) is 12.0 Å². The van der Waals surface area contributed by atoms with Crippen molar-refractivity contribution in [3.05, 3.63) is 52.6 Å². The summed E-state index contributed by atoms with van der Waals surface area (Å²) in [5.74, 6) is -0.389. The normalized spacial score (nSPS) is 18.2. The number of halogens is 3. The number of carbonyl (C=O) groups is 1. The van der Waals surface area contributed by atoms with Crippen LogP contribution in [0.1, 0.15) is 46.6 Å². The fourth-order valence-corrected chi connectivity index (χ4v) is 2.79. The molecule has 1 aromatic rings. The fraction of sp³-hybridized carbons (Fsp3) is 0.450. The molecular formula is C20H27F3N2O. The maximum absolute atomic E-state index is 12.8. The first kappa shape index (κ1) is 22.0. The predicted molar refractivity (Wildman–Crippen MR) is 100.0 cm³/mol. The van der Waals surface area contributed by atoms with E-state index in [1.807, 2.05) is 27.7 Å². The van der Waals surface area contributed by atoms with E-state index < -0.39 is 11.7 Å². The third kappa shape index (κ3) is 5.46. The third-order valence-electron chi connectivity index (χ3n) is 4.26. The zero-order valence-corrected chi connectivity index (χ0v) is 15.9. The van der Waals surface area contributed by atoms with Gasteiger partial charge in [-0.3, -0.25) is 4.79 Å². The Morgan fingerprint density at radius 3 is 2.54 bits per heavy atom. The Balaban J connectivity index is 0.00000163. The van der Waals surface area contributed by atoms with Crippen LogP contribution in [0.3, 0.4) is 0 Å². The monoisotopic (exact) mass is 368 g/mol. The molecule has 0 spiro atoms. The molecule has 0 aromatic heterocycles. The number of allylic oxidation sites excluding steroid dienone is 1. The van der Waals surface area contributed by atoms with E-state index >= 15 is 0 Å². The van der Waals surface area contributed by atoms with Gasteiger partial charge in [-0.1, -0.05) is 31.6 Å². The first-order valence-corrected chi connectivity index (χ1v) is 8.82. The molecule has 1 aliphatic heterocycles. The standard InChI is InChI=1S/C18H21F3N2O.C2H6/c1-4-15(16-8-9-22-12(3)11(16)2)17(24)23-14-7-5-6-13(10-14)18(19,20)21;1-2/h4-7,10,12,22H,8-9H2,1-3H3,(H,23,24);1-2H3/b15-4+;. The summed E-state index contributed by atoms with van der Waals surface area (Å²) in [6.45, 7) is 10.5. The van der Waals surface area contributed by atoms with Gasteiger partial charge in [-0.05, 0) is 57.5 Å². The second kappa shape index (κ2) is 9.57. The Hall–Kier alpha value is -2.08. The third-order valence-corrected chi connectivity index (χ3v) is 4.26. The highest BCUT2D eigenvalue weighted by Gasteiger charge is 2.30. The van der Waals surface area contributed by atoms with Crippen LogP contribution >= 0.6 is 0 Å². The van der Waals surface area contributed by atoms with Gasteiger partial charge < -0.3 is 10.6 Å². The number of nitrogens with one attached hydrogen (secondary N) is 2. The van der Waals surface area contributed by atoms with Gasteiger partial charge in [0.2, 0.25) is 0 Å². The second-order valence-electron chi connectivity index (χ2n) is 5.82. The lowest BCUT2D eigenvalue weighted by atomic mass is 9.90. The Morgan fingerprint density at radius 2 is 1.96 bits per heavy atom. The van der Waals surface area contributed by atoms with Gasteiger partial charge in [0.25, 0.3) is 5.91 Å². The average molecular weight is 368 g/mol. The van der Waals surface area contributed by atoms with Crippen LogP contribution in [0.2, 0.25) is 0 Å². The Kier molecular flexibility index (Phi) is 8.08. The molecule has 0 radical (unpaired) electrons. The van der Waals surface area contributed by atoms with Crippen molar-refractivity contribution in [3.63, 3.8) is 0 Å². The van der Waals surface area contributed by atoms with Gasteiger partial charge in [-0.15, -0.1) is 0 Å². The summed E-state index contributed by atoms with van der Waals surface area (Å²) >= 11 is 0. The Bertz CT molecular complexity index is 691. The largest absolute Gasteiger partial charge is 0.416 e. The molecule has 0 saturated carbocycles. The number of anilines is 1. The molecule has 2 N–H and O–H groups in total. The highest BCUT2D eigenvalue weighted by Crippen LogP contribution is 2.31. The topological polar surface area (TPSA) is 41.1 Å². The lowest BCUT2D eigenvalue weighted by Crippen LogP contribution is -2.34. The number of benzene rings is 1. The quantitative estimate of drug-likeness (QED) is 0.710. The van der Waals surface area contributed by atoms with Gasteiger partial charge in [-0.25, -0.2) is 0 Å². The molecule has 0 bridgehead atoms. The molecule has 1 aromatic carbocycles. The van der Waals surface area contributed by atoms with Crippen molar-refractivity contribution in [2.24, 2.45) is 0 Å². The molecular weight excluding hydrogens is 341 g/mol. The van der Waals surface area contributed by atoms with Crippen LogP contribution in [0.15, 0.2) is 47.1 Å². The zero-order valence-electron chi connectivity index (χ0n) is 15.9. The zero-order chi connectivity index (χ0) is 19.9. The van der Waals surface area contributed by atoms with Gasteiger partial charge in [0.1, 0.15) is 0 Å². The summed E-state index contributed by atoms with van der Waals surface area (Å²) < 4.78 is 38.3. The van der Waals surface area contributed by atoms with Gasteiger partial charge in [0.15, 0.2) is 0 Å². The van der Waals surface area contributed by atoms with Gasteiger partial charge in [0.05, 0.1) is 5.56 Å². The molecule has 1 aliphatic rings. The van der Waals surface area contributed by atoms with Gasteiger partial charge >= 0.3 is 6.18 Å². The SMILES string of the molecule is C/C=C(/C(=O)Nc1cccc(C(F)(F)F)c1)C1=C(C)C(C)NCC1.CC. The molecule has 2 rings (SSSR count). The van der Waals surface area contributed by atoms with Crippen molar-refractivity contribution >= 4 is 11.6 Å². The summed E-state index contributed by atoms with van der Waals surface area (Å²) in [6, 6.07) is 4.83. The van der Waals surface area contributed by atoms with Crippen LogP contribution in [-0.2, 0) is 11.0 Å². The molecule has 1 amide bonds. The van der Waals surface area contributed by atoms with E-state index in [0.717, 1.165) is 29.8 Å². The number of carbonyl (C=O) groups excluding carboxylic acids is 1. The van der Waals surface area contributed by atoms with Crippen LogP contribution in [0.25, 0.3) is 0 Å². The maximum Gasteiger partial charge on any atom is 0.416 e. The molecule has 1 atom stereocenters. The van der Waals surface area contributed by atoms with Crippen LogP contribution in [0, 0.1) is 0 Å². The first-order chi connectivity index (χ1) is 12.2. The molecule has 6 heteroatoms. The summed E-state index contributed by atoms with van der Waals surface area (Å²) in [5, 5.41) is 5.89. The average Bonchev–Trinajstić information content (AvgIpc) is 2.60. The molecule has 26 heavy (non-hydrogen) atoms. The van der Waals surface area contributed by atoms with E-state index in [9.17, 15) is 18.0 Å². The second-order valence-corrected chi connectivity index (χ2v) is 5.82. The van der Waals surface area contributed by atoms with E-state index in [2.05, 4.69) is 10.6 Å². The first-order valence-electron chi connectivity index (χ1n) is 8.82. The van der Waals surface area contributed by atoms with Crippen molar-refractivity contribution in [2.75, 3.05) is 11.9 Å². The predicted octanol–water partition coefficient (Wildman–Crippen LogP) is 5.31. The number of hydrogen-bond donors (Lipinski definition) is 2. The highest BCUT2D eigenvalue weighted by molar-refractivity contribution is 6.07. The van der Waals surface area contributed by atoms with Crippen LogP contribution in [0.4, 0.5) is 18.9 Å². The van der Waals surface area contributed by atoms with Crippen molar-refractivity contribution in [1.82, 2.24) is 5.32 Å². The molecule has 0 aliphatic carbocycles. The van der Waals surface area contributed by atoms with Gasteiger partial charge in [-0.2, -0.15) is 13.2 Å². The molecule has 1 unspecified atom stereocenters. The van der Waals surface area contributed by atoms with Crippen LogP contribution in [0.5, 0.6) is 0 Å². The summed E-state index contributed by atoms with van der Waals surface area (Å²) in [5.41, 5.74) is 1.89. The van der Waals surface area contributed by atoms with E-state index in [1.54, 1.807) is 13.0 Å². The highest BCUT2D eigenvalue weighted by atomic mass is 19.4. The summed E-state index contributed by atoms with van der Waals surface area (Å²) in [7, 11) is 0. The van der Waals surface area contributed by atoms with E-state index in [-0.39, 0.29) is 17.6 Å². The number of alkyl halides is 3. The van der Waals surface area contributed by atoms with Crippen molar-refractivity contribution in [1.29, 1.82) is 0 Å². The number of rotatable bonds is 3. The lowest BCUT2D eigenvalue weighted by molar-refractivity contribution is -0.137. The summed E-state index contributed by atoms with van der Waals surface area (Å²) in [4.78, 5) is 12.5. The molecule has 144 valence electrons. The van der Waals surface area contributed by atoms with Crippen molar-refractivity contribution < 1.29 is 18.0 Å². The number of amides is 1. The molecule has 0 fully saturated rings. The Labute approximate surface area is 153 Å². The van der Waals surface area contributed by atoms with E-state index in [1.165, 1.54) is 12.1 Å². The van der Waals surface area contributed by atoms with Crippen molar-refractivity contribution in [2.45, 2.75) is 53.3 Å². The minimum absolute atomic E-state index is 0.134.